The molecule has 8 nitrogen and oxygen atoms in total. The molecule has 0 aromatic carbocycles. The summed E-state index contributed by atoms with van der Waals surface area (Å²) < 4.78 is 11.9. The van der Waals surface area contributed by atoms with Crippen LogP contribution in [0.2, 0.25) is 0 Å². The minimum Gasteiger partial charge on any atom is -0.462 e. The minimum absolute atomic E-state index is 0.115. The number of hydrogen-bond donors (Lipinski definition) is 2. The van der Waals surface area contributed by atoms with Crippen LogP contribution >= 0.6 is 0 Å². The molecule has 2 rings (SSSR count). The summed E-state index contributed by atoms with van der Waals surface area (Å²) in [6, 6.07) is 0. The number of aromatic nitrogens is 2. The Morgan fingerprint density at radius 2 is 2.09 bits per heavy atom. The molecule has 3 N–H and O–H groups in total. The van der Waals surface area contributed by atoms with Gasteiger partial charge in [0, 0.05) is 11.8 Å². The summed E-state index contributed by atoms with van der Waals surface area (Å²) in [6.07, 6.45) is 3.26. The first-order valence-electron chi connectivity index (χ1n) is 7.76. The Balaban J connectivity index is 0.000000816. The van der Waals surface area contributed by atoms with Gasteiger partial charge in [-0.1, -0.05) is 20.3 Å². The topological polar surface area (TPSA) is 116 Å². The quantitative estimate of drug-likeness (QED) is 0.775. The monoisotopic (exact) mass is 327 g/mol. The van der Waals surface area contributed by atoms with Gasteiger partial charge in [-0.05, 0) is 19.8 Å². The first-order valence-corrected chi connectivity index (χ1v) is 7.76. The lowest BCUT2D eigenvalue weighted by molar-refractivity contribution is -0.146. The van der Waals surface area contributed by atoms with E-state index in [1.54, 1.807) is 6.92 Å². The number of H-pyrrole nitrogens is 1. The van der Waals surface area contributed by atoms with Crippen LogP contribution in [-0.4, -0.2) is 34.8 Å². The molecule has 0 aliphatic carbocycles. The highest BCUT2D eigenvalue weighted by Crippen LogP contribution is 2.27. The van der Waals surface area contributed by atoms with Crippen molar-refractivity contribution in [3.05, 3.63) is 32.6 Å². The summed E-state index contributed by atoms with van der Waals surface area (Å²) in [5.41, 5.74) is 4.65. The lowest BCUT2D eigenvalue weighted by Gasteiger charge is -2.16. The summed E-state index contributed by atoms with van der Waals surface area (Å²) in [5.74, 6) is -0.492. The molecule has 0 radical (unpaired) electrons. The number of rotatable bonds is 4. The third kappa shape index (κ3) is 5.65. The van der Waals surface area contributed by atoms with Crippen LogP contribution in [0.1, 0.15) is 44.9 Å². The van der Waals surface area contributed by atoms with Crippen LogP contribution in [0.25, 0.3) is 0 Å². The number of nitrogens with one attached hydrogen (secondary N) is 1. The summed E-state index contributed by atoms with van der Waals surface area (Å²) in [7, 11) is 0. The van der Waals surface area contributed by atoms with E-state index < -0.39 is 23.4 Å². The standard InChI is InChI=1S/C12H17N3O5.C3H8/c1-7-5-15(12(18)14-11(7)17)9-3-2-8(20-9)6-19-10(16)4-13;1-3-2/h5,8-9H,2-4,6,13H2,1H3,(H,14,17,18);3H2,1-2H3. The van der Waals surface area contributed by atoms with E-state index in [-0.39, 0.29) is 19.3 Å². The van der Waals surface area contributed by atoms with Crippen molar-refractivity contribution in [2.75, 3.05) is 13.2 Å². The zero-order valence-electron chi connectivity index (χ0n) is 13.8. The average molecular weight is 327 g/mol. The molecule has 0 bridgehead atoms. The zero-order chi connectivity index (χ0) is 17.4. The van der Waals surface area contributed by atoms with Gasteiger partial charge in [0.1, 0.15) is 12.8 Å². The Morgan fingerprint density at radius 3 is 2.70 bits per heavy atom. The highest BCUT2D eigenvalue weighted by atomic mass is 16.6. The Hall–Kier alpha value is -1.93. The van der Waals surface area contributed by atoms with Crippen molar-refractivity contribution >= 4 is 5.97 Å². The van der Waals surface area contributed by atoms with Gasteiger partial charge in [0.15, 0.2) is 0 Å². The van der Waals surface area contributed by atoms with Gasteiger partial charge in [0.2, 0.25) is 0 Å². The predicted molar refractivity (Wildman–Crippen MR) is 85.2 cm³/mol. The zero-order valence-corrected chi connectivity index (χ0v) is 13.8. The number of nitrogens with two attached hydrogens (primary N) is 1. The number of carbonyl (C=O) groups is 1. The highest BCUT2D eigenvalue weighted by Gasteiger charge is 2.28. The van der Waals surface area contributed by atoms with E-state index >= 15 is 0 Å². The maximum Gasteiger partial charge on any atom is 0.330 e. The molecule has 1 aliphatic rings. The van der Waals surface area contributed by atoms with Gasteiger partial charge in [-0.3, -0.25) is 19.1 Å². The van der Waals surface area contributed by atoms with Gasteiger partial charge in [-0.2, -0.15) is 0 Å². The van der Waals surface area contributed by atoms with E-state index in [4.69, 9.17) is 15.2 Å². The van der Waals surface area contributed by atoms with E-state index in [2.05, 4.69) is 18.8 Å². The van der Waals surface area contributed by atoms with Gasteiger partial charge in [-0.15, -0.1) is 0 Å². The fraction of sp³-hybridized carbons (Fsp3) is 0.667. The normalized spacial score (nSPS) is 19.8. The molecule has 0 saturated carbocycles. The number of nitrogens with zero attached hydrogens (tertiary/aromatic N) is 1. The van der Waals surface area contributed by atoms with E-state index in [9.17, 15) is 14.4 Å². The number of aromatic amines is 1. The largest absolute Gasteiger partial charge is 0.462 e. The average Bonchev–Trinajstić information content (AvgIpc) is 2.98. The number of aryl methyl sites for hydroxylation is 1. The number of ether oxygens (including phenoxy) is 2. The second-order valence-electron chi connectivity index (χ2n) is 5.36. The Kier molecular flexibility index (Phi) is 7.70. The number of carbonyl (C=O) groups excluding carboxylic acids is 1. The minimum atomic E-state index is -0.509. The molecule has 0 amide bonds. The van der Waals surface area contributed by atoms with Crippen LogP contribution in [0.3, 0.4) is 0 Å². The molecule has 1 aromatic rings. The molecule has 1 saturated heterocycles. The third-order valence-electron chi connectivity index (χ3n) is 3.14. The van der Waals surface area contributed by atoms with Gasteiger partial charge in [-0.25, -0.2) is 4.79 Å². The molecular formula is C15H25N3O5. The summed E-state index contributed by atoms with van der Waals surface area (Å²) >= 11 is 0. The molecule has 1 aliphatic heterocycles. The van der Waals surface area contributed by atoms with Gasteiger partial charge in [0.05, 0.1) is 12.6 Å². The molecule has 2 heterocycles. The van der Waals surface area contributed by atoms with Crippen LogP contribution in [0.4, 0.5) is 0 Å². The number of hydrogen-bond acceptors (Lipinski definition) is 6. The van der Waals surface area contributed by atoms with E-state index in [1.165, 1.54) is 17.2 Å². The van der Waals surface area contributed by atoms with Crippen molar-refractivity contribution in [1.29, 1.82) is 0 Å². The van der Waals surface area contributed by atoms with Gasteiger partial charge in [0.25, 0.3) is 5.56 Å². The van der Waals surface area contributed by atoms with Crippen molar-refractivity contribution in [2.45, 2.75) is 52.4 Å². The predicted octanol–water partition coefficient (Wildman–Crippen LogP) is 0.441. The fourth-order valence-electron chi connectivity index (χ4n) is 2.06. The fourth-order valence-corrected chi connectivity index (χ4v) is 2.06. The molecule has 1 aromatic heterocycles. The molecule has 23 heavy (non-hydrogen) atoms. The smallest absolute Gasteiger partial charge is 0.330 e. The van der Waals surface area contributed by atoms with Crippen LogP contribution < -0.4 is 17.0 Å². The summed E-state index contributed by atoms with van der Waals surface area (Å²) in [4.78, 5) is 36.2. The van der Waals surface area contributed by atoms with Crippen LogP contribution in [-0.2, 0) is 14.3 Å². The summed E-state index contributed by atoms with van der Waals surface area (Å²) in [6.45, 7) is 5.81. The van der Waals surface area contributed by atoms with Crippen LogP contribution in [0.15, 0.2) is 15.8 Å². The van der Waals surface area contributed by atoms with E-state index in [0.29, 0.717) is 18.4 Å². The van der Waals surface area contributed by atoms with Crippen molar-refractivity contribution in [1.82, 2.24) is 9.55 Å². The second kappa shape index (κ2) is 9.26. The Bertz CT molecular complexity index is 622. The van der Waals surface area contributed by atoms with Crippen molar-refractivity contribution in [3.63, 3.8) is 0 Å². The van der Waals surface area contributed by atoms with Crippen LogP contribution in [0.5, 0.6) is 0 Å². The van der Waals surface area contributed by atoms with Gasteiger partial charge >= 0.3 is 11.7 Å². The SMILES string of the molecule is CCC.Cc1cn(C2CCC(COC(=O)CN)O2)c(=O)[nH]c1=O. The van der Waals surface area contributed by atoms with Crippen molar-refractivity contribution in [2.24, 2.45) is 5.73 Å². The summed E-state index contributed by atoms with van der Waals surface area (Å²) in [5, 5.41) is 0. The third-order valence-corrected chi connectivity index (χ3v) is 3.14. The second-order valence-corrected chi connectivity index (χ2v) is 5.36. The molecule has 1 fully saturated rings. The lowest BCUT2D eigenvalue weighted by Crippen LogP contribution is -2.33. The maximum atomic E-state index is 11.7. The molecule has 8 heteroatoms. The molecule has 2 atom stereocenters. The number of esters is 1. The Morgan fingerprint density at radius 1 is 1.43 bits per heavy atom. The van der Waals surface area contributed by atoms with E-state index in [1.807, 2.05) is 0 Å². The van der Waals surface area contributed by atoms with Crippen molar-refractivity contribution < 1.29 is 14.3 Å². The maximum absolute atomic E-state index is 11.7. The van der Waals surface area contributed by atoms with Crippen molar-refractivity contribution in [3.8, 4) is 0 Å². The van der Waals surface area contributed by atoms with Crippen LogP contribution in [0, 0.1) is 6.92 Å². The molecule has 2 unspecified atom stereocenters. The molecule has 130 valence electrons. The Labute approximate surface area is 134 Å². The lowest BCUT2D eigenvalue weighted by atomic mass is 10.2. The molecular weight excluding hydrogens is 302 g/mol. The molecule has 0 spiro atoms. The first kappa shape index (κ1) is 19.1. The van der Waals surface area contributed by atoms with Gasteiger partial charge < -0.3 is 15.2 Å². The highest BCUT2D eigenvalue weighted by molar-refractivity contribution is 5.71. The first-order chi connectivity index (χ1) is 10.9. The van der Waals surface area contributed by atoms with E-state index in [0.717, 1.165) is 0 Å².